The number of hydrogen-bond acceptors (Lipinski definition) is 10. The molecule has 1 aliphatic rings. The monoisotopic (exact) mass is 546 g/mol. The summed E-state index contributed by atoms with van der Waals surface area (Å²) in [5, 5.41) is 30.1. The molecule has 0 saturated carbocycles. The van der Waals surface area contributed by atoms with E-state index in [4.69, 9.17) is 4.74 Å². The van der Waals surface area contributed by atoms with Crippen LogP contribution in [0.2, 0.25) is 0 Å². The number of benzene rings is 2. The summed E-state index contributed by atoms with van der Waals surface area (Å²) in [7, 11) is 0. The molecular weight excluding hydrogens is 524 g/mol. The molecule has 3 heterocycles. The summed E-state index contributed by atoms with van der Waals surface area (Å²) in [5.41, 5.74) is 1.79. The second-order valence-electron chi connectivity index (χ2n) is 8.19. The highest BCUT2D eigenvalue weighted by Gasteiger charge is 2.48. The van der Waals surface area contributed by atoms with E-state index in [1.807, 2.05) is 30.3 Å². The molecule has 1 amide bonds. The van der Waals surface area contributed by atoms with Gasteiger partial charge in [0, 0.05) is 23.7 Å². The molecule has 0 radical (unpaired) electrons. The number of Topliss-reactive ketones (excluding diaryl/α,β-unsaturated/α-hetero) is 1. The maximum atomic E-state index is 13.4. The number of carbonyl (C=O) groups excluding carboxylic acids is 2. The number of hydrogen-bond donors (Lipinski definition) is 2. The number of pyridine rings is 1. The van der Waals surface area contributed by atoms with E-state index in [-0.39, 0.29) is 28.0 Å². The van der Waals surface area contributed by atoms with Crippen LogP contribution in [-0.2, 0) is 15.3 Å². The zero-order valence-corrected chi connectivity index (χ0v) is 21.8. The number of aliphatic hydroxyl groups is 1. The van der Waals surface area contributed by atoms with Crippen LogP contribution in [0.15, 0.2) is 83.0 Å². The highest BCUT2D eigenvalue weighted by Crippen LogP contribution is 2.45. The number of amides is 1. The molecule has 5 rings (SSSR count). The van der Waals surface area contributed by atoms with E-state index < -0.39 is 17.7 Å². The number of carbonyl (C=O) groups is 2. The van der Waals surface area contributed by atoms with E-state index in [2.05, 4.69) is 15.2 Å². The molecule has 38 heavy (non-hydrogen) atoms. The van der Waals surface area contributed by atoms with Gasteiger partial charge in [0.2, 0.25) is 5.13 Å². The van der Waals surface area contributed by atoms with Gasteiger partial charge in [0.15, 0.2) is 15.8 Å². The second kappa shape index (κ2) is 11.0. The Morgan fingerprint density at radius 1 is 1.08 bits per heavy atom. The lowest BCUT2D eigenvalue weighted by molar-refractivity contribution is -0.132. The number of nitrogens with zero attached hydrogens (tertiary/aromatic N) is 4. The van der Waals surface area contributed by atoms with Crippen molar-refractivity contribution in [3.05, 3.63) is 95.3 Å². The first-order valence-electron chi connectivity index (χ1n) is 11.6. The third-order valence-electron chi connectivity index (χ3n) is 5.80. The Morgan fingerprint density at radius 2 is 1.84 bits per heavy atom. The number of aromatic nitrogens is 3. The van der Waals surface area contributed by atoms with Crippen molar-refractivity contribution in [2.75, 3.05) is 11.5 Å². The predicted octanol–water partition coefficient (Wildman–Crippen LogP) is 4.96. The van der Waals surface area contributed by atoms with Crippen LogP contribution in [0.4, 0.5) is 5.13 Å². The molecule has 1 fully saturated rings. The number of phenolic OH excluding ortho intramolecular Hbond substituents is 1. The van der Waals surface area contributed by atoms with Crippen molar-refractivity contribution in [2.45, 2.75) is 23.1 Å². The van der Waals surface area contributed by atoms with Crippen LogP contribution >= 0.6 is 23.1 Å². The Morgan fingerprint density at radius 3 is 2.58 bits per heavy atom. The largest absolute Gasteiger partial charge is 0.507 e. The minimum absolute atomic E-state index is 0.0859. The topological polar surface area (TPSA) is 126 Å². The van der Waals surface area contributed by atoms with Gasteiger partial charge < -0.3 is 14.9 Å². The lowest BCUT2D eigenvalue weighted by Crippen LogP contribution is -2.29. The van der Waals surface area contributed by atoms with Crippen LogP contribution in [0.25, 0.3) is 5.76 Å². The fourth-order valence-electron chi connectivity index (χ4n) is 4.06. The first-order chi connectivity index (χ1) is 18.5. The number of anilines is 1. The molecule has 11 heteroatoms. The normalized spacial score (nSPS) is 16.7. The minimum Gasteiger partial charge on any atom is -0.507 e. The van der Waals surface area contributed by atoms with E-state index in [1.54, 1.807) is 31.2 Å². The Kier molecular flexibility index (Phi) is 7.38. The molecule has 1 unspecified atom stereocenters. The lowest BCUT2D eigenvalue weighted by Gasteiger charge is -2.23. The van der Waals surface area contributed by atoms with Crippen molar-refractivity contribution >= 4 is 45.7 Å². The Bertz CT molecular complexity index is 1510. The molecule has 0 spiro atoms. The van der Waals surface area contributed by atoms with Crippen molar-refractivity contribution in [2.24, 2.45) is 0 Å². The van der Waals surface area contributed by atoms with Crippen LogP contribution < -0.4 is 9.64 Å². The zero-order valence-electron chi connectivity index (χ0n) is 20.1. The number of thioether (sulfide) groups is 1. The summed E-state index contributed by atoms with van der Waals surface area (Å²) in [6, 6.07) is 16.5. The summed E-state index contributed by atoms with van der Waals surface area (Å²) in [6.07, 6.45) is 2.96. The van der Waals surface area contributed by atoms with E-state index >= 15 is 0 Å². The molecule has 2 N–H and O–H groups in total. The van der Waals surface area contributed by atoms with Crippen molar-refractivity contribution < 1.29 is 24.5 Å². The summed E-state index contributed by atoms with van der Waals surface area (Å²) in [6.45, 7) is 2.07. The van der Waals surface area contributed by atoms with Gasteiger partial charge in [0.1, 0.15) is 5.76 Å². The van der Waals surface area contributed by atoms with E-state index in [0.29, 0.717) is 27.8 Å². The Hall–Kier alpha value is -4.22. The second-order valence-corrected chi connectivity index (χ2v) is 10.4. The van der Waals surface area contributed by atoms with Gasteiger partial charge in [-0.2, -0.15) is 0 Å². The van der Waals surface area contributed by atoms with E-state index in [0.717, 1.165) is 5.56 Å². The molecule has 1 aliphatic heterocycles. The maximum Gasteiger partial charge on any atom is 0.301 e. The van der Waals surface area contributed by atoms with Crippen molar-refractivity contribution in [1.82, 2.24) is 15.2 Å². The molecule has 1 saturated heterocycles. The highest BCUT2D eigenvalue weighted by molar-refractivity contribution is 8.00. The molecule has 0 bridgehead atoms. The molecule has 4 aromatic rings. The van der Waals surface area contributed by atoms with Gasteiger partial charge in [-0.15, -0.1) is 10.2 Å². The molecule has 0 aliphatic carbocycles. The number of ketones is 1. The first-order valence-corrected chi connectivity index (χ1v) is 13.5. The molecule has 2 aromatic heterocycles. The smallest absolute Gasteiger partial charge is 0.301 e. The van der Waals surface area contributed by atoms with Crippen LogP contribution in [0.1, 0.15) is 29.7 Å². The molecular formula is C27H22N4O5S2. The standard InChI is InChI=1S/C27H22N4O5S2/c1-2-36-20-14-18(8-9-19(20)32)22-21(23(33)17-10-12-28-13-11-17)24(34)25(35)31(22)26-29-30-27(38-26)37-15-16-6-4-3-5-7-16/h3-14,22,32-33H,2,15H2,1H3. The van der Waals surface area contributed by atoms with Gasteiger partial charge in [-0.1, -0.05) is 59.5 Å². The quantitative estimate of drug-likeness (QED) is 0.104. The third-order valence-corrected chi connectivity index (χ3v) is 7.93. The van der Waals surface area contributed by atoms with Crippen molar-refractivity contribution in [3.63, 3.8) is 0 Å². The fraction of sp³-hybridized carbons (Fsp3) is 0.148. The molecule has 192 valence electrons. The minimum atomic E-state index is -1.03. The van der Waals surface area contributed by atoms with Crippen LogP contribution in [0.3, 0.4) is 0 Å². The van der Waals surface area contributed by atoms with Crippen molar-refractivity contribution in [3.8, 4) is 11.5 Å². The van der Waals surface area contributed by atoms with Gasteiger partial charge in [0.05, 0.1) is 18.2 Å². The van der Waals surface area contributed by atoms with Crippen LogP contribution in [0.5, 0.6) is 11.5 Å². The lowest BCUT2D eigenvalue weighted by atomic mass is 9.95. The van der Waals surface area contributed by atoms with E-state index in [9.17, 15) is 19.8 Å². The van der Waals surface area contributed by atoms with E-state index in [1.165, 1.54) is 46.5 Å². The molecule has 9 nitrogen and oxygen atoms in total. The zero-order chi connectivity index (χ0) is 26.6. The Balaban J connectivity index is 1.58. The molecule has 1 atom stereocenters. The fourth-order valence-corrected chi connectivity index (χ4v) is 5.88. The number of rotatable bonds is 8. The number of aromatic hydroxyl groups is 1. The average Bonchev–Trinajstić information content (AvgIpc) is 3.51. The maximum absolute atomic E-state index is 13.4. The van der Waals surface area contributed by atoms with Gasteiger partial charge >= 0.3 is 5.91 Å². The van der Waals surface area contributed by atoms with Crippen molar-refractivity contribution in [1.29, 1.82) is 0 Å². The summed E-state index contributed by atoms with van der Waals surface area (Å²) < 4.78 is 6.16. The van der Waals surface area contributed by atoms with Crippen LogP contribution in [0, 0.1) is 0 Å². The summed E-state index contributed by atoms with van der Waals surface area (Å²) in [5.74, 6) is -1.27. The molecule has 2 aromatic carbocycles. The summed E-state index contributed by atoms with van der Waals surface area (Å²) in [4.78, 5) is 31.9. The van der Waals surface area contributed by atoms with Gasteiger partial charge in [-0.05, 0) is 42.3 Å². The number of phenols is 1. The number of ether oxygens (including phenoxy) is 1. The highest BCUT2D eigenvalue weighted by atomic mass is 32.2. The van der Waals surface area contributed by atoms with Gasteiger partial charge in [-0.25, -0.2) is 0 Å². The number of aliphatic hydroxyl groups excluding tert-OH is 1. The van der Waals surface area contributed by atoms with Gasteiger partial charge in [0.25, 0.3) is 5.78 Å². The van der Waals surface area contributed by atoms with Gasteiger partial charge in [-0.3, -0.25) is 19.5 Å². The predicted molar refractivity (Wildman–Crippen MR) is 144 cm³/mol. The van der Waals surface area contributed by atoms with Crippen LogP contribution in [-0.4, -0.2) is 43.7 Å². The summed E-state index contributed by atoms with van der Waals surface area (Å²) >= 11 is 2.65. The SMILES string of the molecule is CCOc1cc(C2C(=C(O)c3ccncc3)C(=O)C(=O)N2c2nnc(SCc3ccccc3)s2)ccc1O. The third kappa shape index (κ3) is 4.98. The average molecular weight is 547 g/mol. The first kappa shape index (κ1) is 25.4. The Labute approximate surface area is 226 Å².